The lowest BCUT2D eigenvalue weighted by Gasteiger charge is -2.00. The maximum Gasteiger partial charge on any atom is 0.216 e. The fourth-order valence-corrected chi connectivity index (χ4v) is 2.00. The van der Waals surface area contributed by atoms with Crippen LogP contribution in [0, 0.1) is 5.82 Å². The smallest absolute Gasteiger partial charge is 0.216 e. The molecule has 0 fully saturated rings. The molecule has 5 nitrogen and oxygen atoms in total. The Morgan fingerprint density at radius 1 is 1.33 bits per heavy atom. The van der Waals surface area contributed by atoms with Crippen molar-refractivity contribution in [3.8, 4) is 11.3 Å². The minimum atomic E-state index is -0.621. The van der Waals surface area contributed by atoms with Gasteiger partial charge in [-0.25, -0.2) is 9.37 Å². The summed E-state index contributed by atoms with van der Waals surface area (Å²) >= 11 is 0. The standard InChI is InChI=1S/C15H14FN3O2/c1-10(20)13-6-7-19(18-13)9-15-17-8-14(21-15)11-4-2-3-5-12(11)16/h2-8,10,20H,9H2,1H3/t10-/m0/s1. The Kier molecular flexibility index (Phi) is 3.53. The minimum Gasteiger partial charge on any atom is -0.439 e. The number of benzene rings is 1. The van der Waals surface area contributed by atoms with Crippen molar-refractivity contribution in [2.45, 2.75) is 19.6 Å². The quantitative estimate of drug-likeness (QED) is 0.801. The van der Waals surface area contributed by atoms with Crippen LogP contribution in [0.1, 0.15) is 24.6 Å². The van der Waals surface area contributed by atoms with Gasteiger partial charge in [-0.15, -0.1) is 0 Å². The fourth-order valence-electron chi connectivity index (χ4n) is 2.00. The Labute approximate surface area is 120 Å². The molecule has 1 aromatic carbocycles. The molecule has 2 heterocycles. The van der Waals surface area contributed by atoms with Crippen LogP contribution in [-0.2, 0) is 6.54 Å². The molecule has 0 saturated heterocycles. The molecule has 0 aliphatic rings. The SMILES string of the molecule is C[C@H](O)c1ccn(Cc2ncc(-c3ccccc3F)o2)n1. The molecule has 0 bridgehead atoms. The number of nitrogens with zero attached hydrogens (tertiary/aromatic N) is 3. The van der Waals surface area contributed by atoms with Crippen LogP contribution in [0.25, 0.3) is 11.3 Å². The van der Waals surface area contributed by atoms with Gasteiger partial charge in [0.2, 0.25) is 5.89 Å². The van der Waals surface area contributed by atoms with E-state index in [0.29, 0.717) is 29.5 Å². The topological polar surface area (TPSA) is 64.1 Å². The van der Waals surface area contributed by atoms with E-state index in [1.807, 2.05) is 0 Å². The van der Waals surface area contributed by atoms with Crippen molar-refractivity contribution < 1.29 is 13.9 Å². The number of hydrogen-bond donors (Lipinski definition) is 1. The molecule has 21 heavy (non-hydrogen) atoms. The molecule has 0 aliphatic heterocycles. The number of hydrogen-bond acceptors (Lipinski definition) is 4. The Hall–Kier alpha value is -2.47. The summed E-state index contributed by atoms with van der Waals surface area (Å²) in [6, 6.07) is 8.10. The van der Waals surface area contributed by atoms with E-state index in [2.05, 4.69) is 10.1 Å². The van der Waals surface area contributed by atoms with E-state index < -0.39 is 6.10 Å². The Morgan fingerprint density at radius 3 is 2.86 bits per heavy atom. The second-order valence-electron chi connectivity index (χ2n) is 4.71. The average molecular weight is 287 g/mol. The molecular weight excluding hydrogens is 273 g/mol. The van der Waals surface area contributed by atoms with Gasteiger partial charge < -0.3 is 9.52 Å². The number of rotatable bonds is 4. The molecule has 3 rings (SSSR count). The van der Waals surface area contributed by atoms with Gasteiger partial charge in [-0.2, -0.15) is 5.10 Å². The summed E-state index contributed by atoms with van der Waals surface area (Å²) in [5.41, 5.74) is 0.956. The molecule has 0 saturated carbocycles. The molecule has 1 N–H and O–H groups in total. The van der Waals surface area contributed by atoms with Crippen molar-refractivity contribution in [1.82, 2.24) is 14.8 Å². The number of aromatic nitrogens is 3. The van der Waals surface area contributed by atoms with Gasteiger partial charge in [0.25, 0.3) is 0 Å². The summed E-state index contributed by atoms with van der Waals surface area (Å²) in [6.07, 6.45) is 2.60. The molecular formula is C15H14FN3O2. The third-order valence-corrected chi connectivity index (χ3v) is 3.08. The lowest BCUT2D eigenvalue weighted by atomic mass is 10.2. The second kappa shape index (κ2) is 5.49. The van der Waals surface area contributed by atoms with Gasteiger partial charge in [0.05, 0.1) is 23.6 Å². The van der Waals surface area contributed by atoms with Crippen molar-refractivity contribution in [1.29, 1.82) is 0 Å². The van der Waals surface area contributed by atoms with Crippen LogP contribution in [0.15, 0.2) is 47.1 Å². The van der Waals surface area contributed by atoms with Gasteiger partial charge >= 0.3 is 0 Å². The molecule has 0 radical (unpaired) electrons. The minimum absolute atomic E-state index is 0.321. The summed E-state index contributed by atoms with van der Waals surface area (Å²) in [4.78, 5) is 4.13. The lowest BCUT2D eigenvalue weighted by Crippen LogP contribution is -2.02. The van der Waals surface area contributed by atoms with Gasteiger partial charge in [-0.3, -0.25) is 4.68 Å². The van der Waals surface area contributed by atoms with Crippen LogP contribution in [0.5, 0.6) is 0 Å². The predicted molar refractivity (Wildman–Crippen MR) is 73.9 cm³/mol. The van der Waals surface area contributed by atoms with Crippen molar-refractivity contribution in [2.24, 2.45) is 0 Å². The largest absolute Gasteiger partial charge is 0.439 e. The zero-order valence-corrected chi connectivity index (χ0v) is 11.4. The van der Waals surface area contributed by atoms with Crippen LogP contribution >= 0.6 is 0 Å². The fraction of sp³-hybridized carbons (Fsp3) is 0.200. The zero-order valence-electron chi connectivity index (χ0n) is 11.4. The molecule has 0 unspecified atom stereocenters. The highest BCUT2D eigenvalue weighted by atomic mass is 19.1. The second-order valence-corrected chi connectivity index (χ2v) is 4.71. The lowest BCUT2D eigenvalue weighted by molar-refractivity contribution is 0.193. The van der Waals surface area contributed by atoms with Crippen molar-refractivity contribution >= 4 is 0 Å². The maximum atomic E-state index is 13.7. The van der Waals surface area contributed by atoms with E-state index in [4.69, 9.17) is 4.42 Å². The number of aliphatic hydroxyl groups is 1. The molecule has 108 valence electrons. The summed E-state index contributed by atoms with van der Waals surface area (Å²) in [7, 11) is 0. The third kappa shape index (κ3) is 2.85. The monoisotopic (exact) mass is 287 g/mol. The van der Waals surface area contributed by atoms with E-state index in [9.17, 15) is 9.50 Å². The zero-order chi connectivity index (χ0) is 14.8. The van der Waals surface area contributed by atoms with Crippen molar-refractivity contribution in [3.63, 3.8) is 0 Å². The van der Waals surface area contributed by atoms with Crippen molar-refractivity contribution in [2.75, 3.05) is 0 Å². The Bertz CT molecular complexity index is 749. The molecule has 0 amide bonds. The number of oxazole rings is 1. The molecule has 0 spiro atoms. The number of aliphatic hydroxyl groups excluding tert-OH is 1. The van der Waals surface area contributed by atoms with E-state index in [-0.39, 0.29) is 5.82 Å². The number of halogens is 1. The van der Waals surface area contributed by atoms with Crippen LogP contribution in [-0.4, -0.2) is 19.9 Å². The van der Waals surface area contributed by atoms with Crippen LogP contribution < -0.4 is 0 Å². The van der Waals surface area contributed by atoms with E-state index in [0.717, 1.165) is 0 Å². The third-order valence-electron chi connectivity index (χ3n) is 3.08. The summed E-state index contributed by atoms with van der Waals surface area (Å²) < 4.78 is 20.8. The summed E-state index contributed by atoms with van der Waals surface area (Å²) in [5, 5.41) is 13.6. The average Bonchev–Trinajstić information content (AvgIpc) is 3.09. The Balaban J connectivity index is 1.80. The van der Waals surface area contributed by atoms with Gasteiger partial charge in [0.1, 0.15) is 12.4 Å². The summed E-state index contributed by atoms with van der Waals surface area (Å²) in [5.74, 6) is 0.454. The highest BCUT2D eigenvalue weighted by Gasteiger charge is 2.11. The predicted octanol–water partition coefficient (Wildman–Crippen LogP) is 2.78. The van der Waals surface area contributed by atoms with Gasteiger partial charge in [-0.05, 0) is 25.1 Å². The van der Waals surface area contributed by atoms with E-state index in [1.165, 1.54) is 12.3 Å². The van der Waals surface area contributed by atoms with Crippen LogP contribution in [0.4, 0.5) is 4.39 Å². The normalized spacial score (nSPS) is 12.5. The molecule has 0 aliphatic carbocycles. The highest BCUT2D eigenvalue weighted by Crippen LogP contribution is 2.23. The van der Waals surface area contributed by atoms with Gasteiger partial charge in [0.15, 0.2) is 5.76 Å². The van der Waals surface area contributed by atoms with Crippen LogP contribution in [0.3, 0.4) is 0 Å². The van der Waals surface area contributed by atoms with E-state index >= 15 is 0 Å². The first-order chi connectivity index (χ1) is 10.1. The first kappa shape index (κ1) is 13.5. The molecule has 6 heteroatoms. The molecule has 2 aromatic heterocycles. The highest BCUT2D eigenvalue weighted by molar-refractivity contribution is 5.56. The first-order valence-electron chi connectivity index (χ1n) is 6.54. The first-order valence-corrected chi connectivity index (χ1v) is 6.54. The molecule has 1 atom stereocenters. The maximum absolute atomic E-state index is 13.7. The van der Waals surface area contributed by atoms with Crippen LogP contribution in [0.2, 0.25) is 0 Å². The van der Waals surface area contributed by atoms with Crippen molar-refractivity contribution in [3.05, 3.63) is 60.1 Å². The Morgan fingerprint density at radius 2 is 2.14 bits per heavy atom. The molecule has 3 aromatic rings. The van der Waals surface area contributed by atoms with Gasteiger partial charge in [-0.1, -0.05) is 12.1 Å². The summed E-state index contributed by atoms with van der Waals surface area (Å²) in [6.45, 7) is 1.97. The van der Waals surface area contributed by atoms with Gasteiger partial charge in [0, 0.05) is 6.20 Å². The van der Waals surface area contributed by atoms with E-state index in [1.54, 1.807) is 42.1 Å².